The molecule has 0 unspecified atom stereocenters. The second kappa shape index (κ2) is 6.18. The van der Waals surface area contributed by atoms with Crippen LogP contribution in [0.3, 0.4) is 0 Å². The van der Waals surface area contributed by atoms with Gasteiger partial charge in [-0.15, -0.1) is 6.58 Å². The molecule has 0 saturated carbocycles. The molecule has 0 radical (unpaired) electrons. The quantitative estimate of drug-likeness (QED) is 0.710. The minimum absolute atomic E-state index is 0.0723. The van der Waals surface area contributed by atoms with E-state index in [4.69, 9.17) is 14.2 Å². The number of benzene rings is 1. The van der Waals surface area contributed by atoms with Gasteiger partial charge in [-0.1, -0.05) is 6.08 Å². The third-order valence-corrected chi connectivity index (χ3v) is 2.25. The number of hydrogen-bond acceptors (Lipinski definition) is 3. The summed E-state index contributed by atoms with van der Waals surface area (Å²) in [5, 5.41) is 0. The average molecular weight is 236 g/mol. The number of allylic oxidation sites excluding steroid dienone is 1. The van der Waals surface area contributed by atoms with Gasteiger partial charge < -0.3 is 14.2 Å². The average Bonchev–Trinajstić information content (AvgIpc) is 2.30. The van der Waals surface area contributed by atoms with Crippen LogP contribution in [0.2, 0.25) is 0 Å². The lowest BCUT2D eigenvalue weighted by atomic mass is 10.1. The Labute approximate surface area is 103 Å². The summed E-state index contributed by atoms with van der Waals surface area (Å²) in [4.78, 5) is 0. The van der Waals surface area contributed by atoms with Gasteiger partial charge in [-0.05, 0) is 38.0 Å². The van der Waals surface area contributed by atoms with Crippen LogP contribution in [-0.2, 0) is 6.42 Å². The van der Waals surface area contributed by atoms with E-state index in [2.05, 4.69) is 6.58 Å². The van der Waals surface area contributed by atoms with Crippen molar-refractivity contribution in [1.82, 2.24) is 0 Å². The molecule has 0 saturated heterocycles. The van der Waals surface area contributed by atoms with Crippen LogP contribution in [0.5, 0.6) is 17.2 Å². The molecule has 0 bridgehead atoms. The Morgan fingerprint density at radius 3 is 2.06 bits per heavy atom. The summed E-state index contributed by atoms with van der Waals surface area (Å²) in [5.41, 5.74) is 1.09. The van der Waals surface area contributed by atoms with Crippen molar-refractivity contribution < 1.29 is 14.2 Å². The van der Waals surface area contributed by atoms with E-state index in [1.807, 2.05) is 32.1 Å². The molecule has 0 aromatic heterocycles. The van der Waals surface area contributed by atoms with E-state index in [9.17, 15) is 0 Å². The maximum atomic E-state index is 5.72. The summed E-state index contributed by atoms with van der Waals surface area (Å²) in [7, 11) is 3.25. The first-order valence-electron chi connectivity index (χ1n) is 5.64. The highest BCUT2D eigenvalue weighted by atomic mass is 16.5. The molecule has 0 amide bonds. The lowest BCUT2D eigenvalue weighted by Gasteiger charge is -2.17. The fourth-order valence-electron chi connectivity index (χ4n) is 1.57. The van der Waals surface area contributed by atoms with Crippen molar-refractivity contribution in [3.63, 3.8) is 0 Å². The molecule has 1 rings (SSSR count). The fraction of sp³-hybridized carbons (Fsp3) is 0.429. The van der Waals surface area contributed by atoms with Crippen LogP contribution >= 0.6 is 0 Å². The van der Waals surface area contributed by atoms with Gasteiger partial charge in [0.05, 0.1) is 20.3 Å². The molecule has 0 aliphatic heterocycles. The second-order valence-electron chi connectivity index (χ2n) is 3.99. The summed E-state index contributed by atoms with van der Waals surface area (Å²) in [6.07, 6.45) is 2.69. The topological polar surface area (TPSA) is 27.7 Å². The second-order valence-corrected chi connectivity index (χ2v) is 3.99. The molecule has 0 aliphatic carbocycles. The predicted octanol–water partition coefficient (Wildman–Crippen LogP) is 3.22. The zero-order valence-corrected chi connectivity index (χ0v) is 10.9. The highest BCUT2D eigenvalue weighted by molar-refractivity contribution is 5.54. The number of ether oxygens (including phenoxy) is 3. The largest absolute Gasteiger partial charge is 0.493 e. The first-order chi connectivity index (χ1) is 8.12. The van der Waals surface area contributed by atoms with E-state index in [-0.39, 0.29) is 6.10 Å². The fourth-order valence-corrected chi connectivity index (χ4v) is 1.57. The van der Waals surface area contributed by atoms with Crippen molar-refractivity contribution in [1.29, 1.82) is 0 Å². The van der Waals surface area contributed by atoms with Gasteiger partial charge in [0.1, 0.15) is 0 Å². The van der Waals surface area contributed by atoms with E-state index in [1.165, 1.54) is 0 Å². The normalized spacial score (nSPS) is 10.2. The van der Waals surface area contributed by atoms with Gasteiger partial charge >= 0.3 is 0 Å². The van der Waals surface area contributed by atoms with E-state index in [0.29, 0.717) is 17.2 Å². The van der Waals surface area contributed by atoms with Crippen LogP contribution < -0.4 is 14.2 Å². The Morgan fingerprint density at radius 2 is 1.71 bits per heavy atom. The van der Waals surface area contributed by atoms with Gasteiger partial charge in [-0.3, -0.25) is 0 Å². The minimum Gasteiger partial charge on any atom is -0.493 e. The Morgan fingerprint density at radius 1 is 1.18 bits per heavy atom. The van der Waals surface area contributed by atoms with Crippen molar-refractivity contribution in [3.05, 3.63) is 30.4 Å². The zero-order chi connectivity index (χ0) is 12.8. The summed E-state index contributed by atoms with van der Waals surface area (Å²) >= 11 is 0. The molecule has 3 heteroatoms. The zero-order valence-electron chi connectivity index (χ0n) is 10.9. The Kier molecular flexibility index (Phi) is 4.88. The maximum absolute atomic E-state index is 5.72. The maximum Gasteiger partial charge on any atom is 0.203 e. The van der Waals surface area contributed by atoms with Crippen LogP contribution in [0.15, 0.2) is 24.8 Å². The smallest absolute Gasteiger partial charge is 0.203 e. The molecule has 17 heavy (non-hydrogen) atoms. The molecule has 0 fully saturated rings. The lowest BCUT2D eigenvalue weighted by molar-refractivity contribution is 0.218. The molecule has 94 valence electrons. The van der Waals surface area contributed by atoms with Gasteiger partial charge in [0.15, 0.2) is 11.5 Å². The summed E-state index contributed by atoms with van der Waals surface area (Å²) in [6.45, 7) is 7.66. The van der Waals surface area contributed by atoms with E-state index < -0.39 is 0 Å². The molecule has 1 aromatic carbocycles. The first-order valence-corrected chi connectivity index (χ1v) is 5.64. The number of methoxy groups -OCH3 is 2. The van der Waals surface area contributed by atoms with Crippen LogP contribution in [-0.4, -0.2) is 20.3 Å². The minimum atomic E-state index is 0.0723. The van der Waals surface area contributed by atoms with Gasteiger partial charge in [0.25, 0.3) is 0 Å². The van der Waals surface area contributed by atoms with Crippen molar-refractivity contribution in [2.75, 3.05) is 14.2 Å². The molecule has 0 atom stereocenters. The van der Waals surface area contributed by atoms with E-state index >= 15 is 0 Å². The Balaban J connectivity index is 3.20. The third-order valence-electron chi connectivity index (χ3n) is 2.25. The van der Waals surface area contributed by atoms with Crippen molar-refractivity contribution in [2.24, 2.45) is 0 Å². The molecule has 0 heterocycles. The molecule has 3 nitrogen and oxygen atoms in total. The molecule has 0 spiro atoms. The SMILES string of the molecule is C=CCc1cc(OC)c(OC(C)C)c(OC)c1. The third kappa shape index (κ3) is 3.41. The molecular weight excluding hydrogens is 216 g/mol. The van der Waals surface area contributed by atoms with Gasteiger partial charge in [-0.25, -0.2) is 0 Å². The molecule has 0 aliphatic rings. The Bertz CT molecular complexity index is 358. The van der Waals surface area contributed by atoms with Crippen molar-refractivity contribution >= 4 is 0 Å². The van der Waals surface area contributed by atoms with Crippen LogP contribution in [0.25, 0.3) is 0 Å². The predicted molar refractivity (Wildman–Crippen MR) is 69.2 cm³/mol. The first kappa shape index (κ1) is 13.4. The van der Waals surface area contributed by atoms with Gasteiger partial charge in [-0.2, -0.15) is 0 Å². The summed E-state index contributed by atoms with van der Waals surface area (Å²) in [5.74, 6) is 2.03. The van der Waals surface area contributed by atoms with Gasteiger partial charge in [0.2, 0.25) is 5.75 Å². The van der Waals surface area contributed by atoms with Crippen LogP contribution in [0.1, 0.15) is 19.4 Å². The monoisotopic (exact) mass is 236 g/mol. The van der Waals surface area contributed by atoms with E-state index in [1.54, 1.807) is 14.2 Å². The molecular formula is C14H20O3. The van der Waals surface area contributed by atoms with Crippen molar-refractivity contribution in [3.8, 4) is 17.2 Å². The summed E-state index contributed by atoms with van der Waals surface area (Å²) in [6, 6.07) is 3.89. The van der Waals surface area contributed by atoms with E-state index in [0.717, 1.165) is 12.0 Å². The lowest BCUT2D eigenvalue weighted by Crippen LogP contribution is -2.08. The van der Waals surface area contributed by atoms with Crippen LogP contribution in [0.4, 0.5) is 0 Å². The van der Waals surface area contributed by atoms with Crippen LogP contribution in [0, 0.1) is 0 Å². The number of hydrogen-bond donors (Lipinski definition) is 0. The van der Waals surface area contributed by atoms with Gasteiger partial charge in [0, 0.05) is 0 Å². The highest BCUT2D eigenvalue weighted by Crippen LogP contribution is 2.39. The summed E-state index contributed by atoms with van der Waals surface area (Å²) < 4.78 is 16.4. The van der Waals surface area contributed by atoms with Crippen molar-refractivity contribution in [2.45, 2.75) is 26.4 Å². The molecule has 0 N–H and O–H groups in total. The standard InChI is InChI=1S/C14H20O3/c1-6-7-11-8-12(15-4)14(17-10(2)3)13(9-11)16-5/h6,8-10H,1,7H2,2-5H3. The molecule has 1 aromatic rings. The number of rotatable bonds is 6. The Hall–Kier alpha value is -1.64. The highest BCUT2D eigenvalue weighted by Gasteiger charge is 2.14.